The van der Waals surface area contributed by atoms with Crippen molar-refractivity contribution in [3.63, 3.8) is 0 Å². The van der Waals surface area contributed by atoms with Crippen molar-refractivity contribution in [2.75, 3.05) is 20.8 Å². The summed E-state index contributed by atoms with van der Waals surface area (Å²) < 4.78 is 10.6. The van der Waals surface area contributed by atoms with Gasteiger partial charge in [-0.15, -0.1) is 0 Å². The molecule has 0 fully saturated rings. The molecule has 0 atom stereocenters. The average molecular weight is 312 g/mol. The Hall–Kier alpha value is -1.19. The zero-order valence-corrected chi connectivity index (χ0v) is 14.5. The summed E-state index contributed by atoms with van der Waals surface area (Å²) in [6.07, 6.45) is 2.13. The summed E-state index contributed by atoms with van der Waals surface area (Å²) in [5.41, 5.74) is 2.25. The van der Waals surface area contributed by atoms with Gasteiger partial charge < -0.3 is 14.8 Å². The first-order valence-electron chi connectivity index (χ1n) is 7.25. The highest BCUT2D eigenvalue weighted by Gasteiger charge is 2.13. The predicted molar refractivity (Wildman–Crippen MR) is 90.5 cm³/mol. The van der Waals surface area contributed by atoms with Gasteiger partial charge in [0.15, 0.2) is 11.5 Å². The molecule has 4 heteroatoms. The highest BCUT2D eigenvalue weighted by molar-refractivity contribution is 6.33. The minimum Gasteiger partial charge on any atom is -0.493 e. The number of benzene rings is 1. The van der Waals surface area contributed by atoms with Crippen LogP contribution in [0.3, 0.4) is 0 Å². The number of methoxy groups -OCH3 is 2. The minimum absolute atomic E-state index is 0.445. The van der Waals surface area contributed by atoms with Crippen LogP contribution in [-0.2, 0) is 0 Å². The van der Waals surface area contributed by atoms with E-state index >= 15 is 0 Å². The predicted octanol–water partition coefficient (Wildman–Crippen LogP) is 4.39. The van der Waals surface area contributed by atoms with E-state index in [0.717, 1.165) is 12.1 Å². The monoisotopic (exact) mass is 311 g/mol. The molecule has 1 rings (SSSR count). The van der Waals surface area contributed by atoms with Crippen LogP contribution in [0, 0.1) is 5.92 Å². The van der Waals surface area contributed by atoms with Crippen molar-refractivity contribution in [1.29, 1.82) is 0 Å². The van der Waals surface area contributed by atoms with Gasteiger partial charge >= 0.3 is 0 Å². The second-order valence-corrected chi connectivity index (χ2v) is 5.99. The minimum atomic E-state index is 0.445. The Morgan fingerprint density at radius 2 is 1.86 bits per heavy atom. The zero-order valence-electron chi connectivity index (χ0n) is 13.8. The summed E-state index contributed by atoms with van der Waals surface area (Å²) in [5, 5.41) is 4.03. The maximum atomic E-state index is 6.43. The van der Waals surface area contributed by atoms with Crippen LogP contribution in [0.2, 0.25) is 5.02 Å². The Morgan fingerprint density at radius 1 is 1.19 bits per heavy atom. The topological polar surface area (TPSA) is 30.5 Å². The third kappa shape index (κ3) is 4.94. The lowest BCUT2D eigenvalue weighted by atomic mass is 9.99. The summed E-state index contributed by atoms with van der Waals surface area (Å²) in [5.74, 6) is 1.67. The molecule has 0 saturated carbocycles. The second kappa shape index (κ2) is 8.30. The van der Waals surface area contributed by atoms with Crippen molar-refractivity contribution in [2.24, 2.45) is 5.92 Å². The second-order valence-electron chi connectivity index (χ2n) is 5.61. The first-order chi connectivity index (χ1) is 9.90. The van der Waals surface area contributed by atoms with Crippen LogP contribution in [0.25, 0.3) is 6.08 Å². The third-order valence-corrected chi connectivity index (χ3v) is 3.70. The Labute approximate surface area is 133 Å². The molecule has 0 spiro atoms. The van der Waals surface area contributed by atoms with E-state index in [1.807, 2.05) is 12.1 Å². The number of halogens is 1. The lowest BCUT2D eigenvalue weighted by Crippen LogP contribution is -2.26. The van der Waals surface area contributed by atoms with E-state index < -0.39 is 0 Å². The maximum Gasteiger partial charge on any atom is 0.179 e. The Bertz CT molecular complexity index is 496. The fraction of sp³-hybridized carbons (Fsp3) is 0.529. The first-order valence-corrected chi connectivity index (χ1v) is 7.62. The summed E-state index contributed by atoms with van der Waals surface area (Å²) in [7, 11) is 3.21. The Balaban J connectivity index is 3.15. The van der Waals surface area contributed by atoms with Gasteiger partial charge in [0.1, 0.15) is 0 Å². The normalized spacial score (nSPS) is 12.1. The third-order valence-electron chi connectivity index (χ3n) is 3.31. The van der Waals surface area contributed by atoms with Crippen molar-refractivity contribution in [2.45, 2.75) is 33.7 Å². The molecular formula is C17H26ClNO2. The fourth-order valence-electron chi connectivity index (χ4n) is 1.96. The van der Waals surface area contributed by atoms with Crippen LogP contribution in [0.15, 0.2) is 17.7 Å². The van der Waals surface area contributed by atoms with Gasteiger partial charge in [0, 0.05) is 12.6 Å². The van der Waals surface area contributed by atoms with Gasteiger partial charge in [-0.05, 0) is 23.6 Å². The lowest BCUT2D eigenvalue weighted by molar-refractivity contribution is 0.355. The molecule has 0 aliphatic heterocycles. The summed E-state index contributed by atoms with van der Waals surface area (Å²) in [4.78, 5) is 0. The highest BCUT2D eigenvalue weighted by atomic mass is 35.5. The summed E-state index contributed by atoms with van der Waals surface area (Å²) in [6, 6.07) is 4.29. The number of ether oxygens (including phenoxy) is 2. The summed E-state index contributed by atoms with van der Waals surface area (Å²) >= 11 is 6.43. The molecule has 0 aromatic heterocycles. The van der Waals surface area contributed by atoms with Crippen LogP contribution < -0.4 is 14.8 Å². The number of rotatable bonds is 7. The van der Waals surface area contributed by atoms with Crippen molar-refractivity contribution in [3.8, 4) is 11.5 Å². The maximum absolute atomic E-state index is 6.43. The molecule has 0 aliphatic carbocycles. The molecule has 0 amide bonds. The van der Waals surface area contributed by atoms with Crippen molar-refractivity contribution in [1.82, 2.24) is 5.32 Å². The number of hydrogen-bond donors (Lipinski definition) is 1. The van der Waals surface area contributed by atoms with E-state index in [-0.39, 0.29) is 0 Å². The van der Waals surface area contributed by atoms with Crippen molar-refractivity contribution >= 4 is 17.7 Å². The van der Waals surface area contributed by atoms with Crippen molar-refractivity contribution < 1.29 is 9.47 Å². The molecule has 1 aromatic rings. The van der Waals surface area contributed by atoms with Gasteiger partial charge in [-0.2, -0.15) is 0 Å². The van der Waals surface area contributed by atoms with E-state index in [4.69, 9.17) is 21.1 Å². The average Bonchev–Trinajstić information content (AvgIpc) is 2.43. The first kappa shape index (κ1) is 17.9. The van der Waals surface area contributed by atoms with Gasteiger partial charge in [-0.1, -0.05) is 50.9 Å². The van der Waals surface area contributed by atoms with Gasteiger partial charge in [-0.25, -0.2) is 0 Å². The van der Waals surface area contributed by atoms with E-state index in [9.17, 15) is 0 Å². The molecule has 0 saturated heterocycles. The van der Waals surface area contributed by atoms with Crippen LogP contribution in [-0.4, -0.2) is 26.8 Å². The molecule has 118 valence electrons. The molecule has 0 aliphatic rings. The van der Waals surface area contributed by atoms with Crippen LogP contribution in [0.1, 0.15) is 33.3 Å². The zero-order chi connectivity index (χ0) is 16.0. The molecule has 21 heavy (non-hydrogen) atoms. The van der Waals surface area contributed by atoms with Crippen LogP contribution in [0.5, 0.6) is 11.5 Å². The van der Waals surface area contributed by atoms with Crippen molar-refractivity contribution in [3.05, 3.63) is 28.3 Å². The van der Waals surface area contributed by atoms with Gasteiger partial charge in [-0.3, -0.25) is 0 Å². The Morgan fingerprint density at radius 3 is 2.33 bits per heavy atom. The molecular weight excluding hydrogens is 286 g/mol. The highest BCUT2D eigenvalue weighted by Crippen LogP contribution is 2.38. The van der Waals surface area contributed by atoms with E-state index in [1.165, 1.54) is 5.57 Å². The smallest absolute Gasteiger partial charge is 0.179 e. The quantitative estimate of drug-likeness (QED) is 0.810. The SMILES string of the molecule is COc1ccc(C=C(CNC(C)C)C(C)C)c(Cl)c1OC. The molecule has 0 heterocycles. The molecule has 1 N–H and O–H groups in total. The molecule has 0 unspecified atom stereocenters. The fourth-order valence-corrected chi connectivity index (χ4v) is 2.25. The van der Waals surface area contributed by atoms with Crippen LogP contribution >= 0.6 is 11.6 Å². The van der Waals surface area contributed by atoms with E-state index in [0.29, 0.717) is 28.5 Å². The molecule has 3 nitrogen and oxygen atoms in total. The van der Waals surface area contributed by atoms with E-state index in [2.05, 4.69) is 39.1 Å². The van der Waals surface area contributed by atoms with Crippen LogP contribution in [0.4, 0.5) is 0 Å². The Kier molecular flexibility index (Phi) is 7.06. The lowest BCUT2D eigenvalue weighted by Gasteiger charge is -2.16. The van der Waals surface area contributed by atoms with Gasteiger partial charge in [0.05, 0.1) is 19.2 Å². The van der Waals surface area contributed by atoms with Gasteiger partial charge in [0.25, 0.3) is 0 Å². The molecule has 1 aromatic carbocycles. The number of nitrogens with one attached hydrogen (secondary N) is 1. The standard InChI is InChI=1S/C17H26ClNO2/c1-11(2)14(10-19-12(3)4)9-13-7-8-15(20-5)17(21-6)16(13)18/h7-9,11-12,19H,10H2,1-6H3. The number of hydrogen-bond acceptors (Lipinski definition) is 3. The largest absolute Gasteiger partial charge is 0.493 e. The molecule has 0 bridgehead atoms. The van der Waals surface area contributed by atoms with Gasteiger partial charge in [0.2, 0.25) is 0 Å². The van der Waals surface area contributed by atoms with E-state index in [1.54, 1.807) is 14.2 Å². The summed E-state index contributed by atoms with van der Waals surface area (Å²) in [6.45, 7) is 9.49. The molecule has 0 radical (unpaired) electrons.